The van der Waals surface area contributed by atoms with Crippen molar-refractivity contribution in [2.24, 2.45) is 0 Å². The second kappa shape index (κ2) is 11.6. The molecule has 212 valence electrons. The Morgan fingerprint density at radius 3 is 2.00 bits per heavy atom. The molecule has 4 amide bonds. The molecule has 1 N–H and O–H groups in total. The number of nitrogens with one attached hydrogen (secondary N) is 1. The standard InChI is InChI=1S/C35H26FN3O4/c1-2-43-29-19-17-27(18-20-29)38-31(23-9-5-3-6-10-23)22-25(32(38)24-11-7-4-8-12-24)21-30-33(40)37-35(42)39(34(30)41)28-15-13-26(36)14-16-28/h3-22H,2H2,1H3,(H,37,40,42)/b30-21-. The van der Waals surface area contributed by atoms with Gasteiger partial charge < -0.3 is 9.30 Å². The fourth-order valence-corrected chi connectivity index (χ4v) is 5.12. The van der Waals surface area contributed by atoms with Gasteiger partial charge in [0.05, 0.1) is 23.7 Å². The Hall–Kier alpha value is -5.76. The summed E-state index contributed by atoms with van der Waals surface area (Å²) >= 11 is 0. The molecule has 4 aromatic carbocycles. The first-order chi connectivity index (χ1) is 20.9. The zero-order valence-electron chi connectivity index (χ0n) is 23.2. The summed E-state index contributed by atoms with van der Waals surface area (Å²) in [5, 5.41) is 2.25. The predicted octanol–water partition coefficient (Wildman–Crippen LogP) is 7.02. The third-order valence-electron chi connectivity index (χ3n) is 7.04. The molecule has 0 spiro atoms. The molecule has 8 heteroatoms. The van der Waals surface area contributed by atoms with Gasteiger partial charge in [0.1, 0.15) is 17.1 Å². The smallest absolute Gasteiger partial charge is 0.335 e. The summed E-state index contributed by atoms with van der Waals surface area (Å²) in [6, 6.07) is 33.0. The number of imide groups is 2. The number of carbonyl (C=O) groups is 3. The van der Waals surface area contributed by atoms with Gasteiger partial charge in [-0.2, -0.15) is 0 Å². The van der Waals surface area contributed by atoms with E-state index in [0.29, 0.717) is 12.2 Å². The van der Waals surface area contributed by atoms with E-state index >= 15 is 0 Å². The van der Waals surface area contributed by atoms with E-state index in [0.717, 1.165) is 51.0 Å². The number of carbonyl (C=O) groups excluding carboxylic acids is 3. The van der Waals surface area contributed by atoms with E-state index in [1.54, 1.807) is 0 Å². The number of aromatic nitrogens is 1. The van der Waals surface area contributed by atoms with Gasteiger partial charge in [-0.25, -0.2) is 14.1 Å². The van der Waals surface area contributed by atoms with E-state index in [-0.39, 0.29) is 11.3 Å². The third-order valence-corrected chi connectivity index (χ3v) is 7.04. The van der Waals surface area contributed by atoms with Crippen LogP contribution in [0.5, 0.6) is 5.75 Å². The molecule has 7 nitrogen and oxygen atoms in total. The lowest BCUT2D eigenvalue weighted by atomic mass is 10.0. The summed E-state index contributed by atoms with van der Waals surface area (Å²) < 4.78 is 21.3. The van der Waals surface area contributed by atoms with Gasteiger partial charge in [0, 0.05) is 11.3 Å². The van der Waals surface area contributed by atoms with Crippen LogP contribution >= 0.6 is 0 Å². The van der Waals surface area contributed by atoms with Gasteiger partial charge >= 0.3 is 6.03 Å². The van der Waals surface area contributed by atoms with Crippen LogP contribution < -0.4 is 15.0 Å². The Labute approximate surface area is 247 Å². The lowest BCUT2D eigenvalue weighted by molar-refractivity contribution is -0.122. The molecular formula is C35H26FN3O4. The molecule has 1 aliphatic rings. The van der Waals surface area contributed by atoms with E-state index in [4.69, 9.17) is 4.74 Å². The number of urea groups is 1. The molecule has 6 rings (SSSR count). The van der Waals surface area contributed by atoms with Crippen LogP contribution in [-0.2, 0) is 9.59 Å². The average molecular weight is 572 g/mol. The van der Waals surface area contributed by atoms with Gasteiger partial charge in [-0.05, 0) is 78.7 Å². The molecule has 5 aromatic rings. The van der Waals surface area contributed by atoms with Crippen molar-refractivity contribution < 1.29 is 23.5 Å². The molecular weight excluding hydrogens is 545 g/mol. The second-order valence-corrected chi connectivity index (χ2v) is 9.76. The minimum Gasteiger partial charge on any atom is -0.494 e. The van der Waals surface area contributed by atoms with Crippen molar-refractivity contribution in [1.82, 2.24) is 9.88 Å². The summed E-state index contributed by atoms with van der Waals surface area (Å²) in [4.78, 5) is 40.3. The molecule has 1 aliphatic heterocycles. The van der Waals surface area contributed by atoms with Crippen LogP contribution in [0.25, 0.3) is 34.3 Å². The highest BCUT2D eigenvalue weighted by Crippen LogP contribution is 2.38. The zero-order chi connectivity index (χ0) is 29.9. The van der Waals surface area contributed by atoms with E-state index in [1.807, 2.05) is 97.9 Å². The second-order valence-electron chi connectivity index (χ2n) is 9.76. The van der Waals surface area contributed by atoms with E-state index in [1.165, 1.54) is 18.2 Å². The predicted molar refractivity (Wildman–Crippen MR) is 163 cm³/mol. The lowest BCUT2D eigenvalue weighted by Gasteiger charge is -2.26. The first-order valence-electron chi connectivity index (χ1n) is 13.7. The van der Waals surface area contributed by atoms with Crippen molar-refractivity contribution in [2.75, 3.05) is 11.5 Å². The van der Waals surface area contributed by atoms with E-state index in [2.05, 4.69) is 9.88 Å². The Balaban J connectivity index is 1.57. The first kappa shape index (κ1) is 27.4. The van der Waals surface area contributed by atoms with Gasteiger partial charge in [0.25, 0.3) is 11.8 Å². The molecule has 0 bridgehead atoms. The largest absolute Gasteiger partial charge is 0.494 e. The van der Waals surface area contributed by atoms with Crippen molar-refractivity contribution in [3.63, 3.8) is 0 Å². The monoisotopic (exact) mass is 571 g/mol. The number of hydrogen-bond acceptors (Lipinski definition) is 4. The van der Waals surface area contributed by atoms with Crippen LogP contribution in [0.2, 0.25) is 0 Å². The number of ether oxygens (including phenoxy) is 1. The SMILES string of the molecule is CCOc1ccc(-n2c(-c3ccccc3)cc(/C=C3/C(=O)NC(=O)N(c4ccc(F)cc4)C3=O)c2-c2ccccc2)cc1. The van der Waals surface area contributed by atoms with Crippen molar-refractivity contribution in [3.8, 4) is 34.0 Å². The van der Waals surface area contributed by atoms with Crippen molar-refractivity contribution in [2.45, 2.75) is 6.92 Å². The Bertz CT molecular complexity index is 1850. The Kier molecular flexibility index (Phi) is 7.41. The summed E-state index contributed by atoms with van der Waals surface area (Å²) in [5.74, 6) is -1.41. The molecule has 2 heterocycles. The molecule has 43 heavy (non-hydrogen) atoms. The summed E-state index contributed by atoms with van der Waals surface area (Å²) in [7, 11) is 0. The average Bonchev–Trinajstić information content (AvgIpc) is 3.41. The third kappa shape index (κ3) is 5.34. The fourth-order valence-electron chi connectivity index (χ4n) is 5.12. The summed E-state index contributed by atoms with van der Waals surface area (Å²) in [5.41, 5.74) is 4.67. The minimum atomic E-state index is -0.904. The first-order valence-corrected chi connectivity index (χ1v) is 13.7. The molecule has 0 aliphatic carbocycles. The topological polar surface area (TPSA) is 80.6 Å². The number of rotatable bonds is 7. The highest BCUT2D eigenvalue weighted by molar-refractivity contribution is 6.39. The number of hydrogen-bond donors (Lipinski definition) is 1. The maximum atomic E-state index is 13.7. The highest BCUT2D eigenvalue weighted by Gasteiger charge is 2.37. The van der Waals surface area contributed by atoms with Crippen LogP contribution in [0.15, 0.2) is 121 Å². The van der Waals surface area contributed by atoms with Crippen LogP contribution in [0.4, 0.5) is 14.9 Å². The van der Waals surface area contributed by atoms with Crippen LogP contribution in [-0.4, -0.2) is 29.0 Å². The maximum absolute atomic E-state index is 13.7. The van der Waals surface area contributed by atoms with Gasteiger partial charge in [-0.15, -0.1) is 0 Å². The molecule has 0 atom stereocenters. The quantitative estimate of drug-likeness (QED) is 0.168. The normalized spacial score (nSPS) is 14.2. The number of amides is 4. The highest BCUT2D eigenvalue weighted by atomic mass is 19.1. The minimum absolute atomic E-state index is 0.141. The lowest BCUT2D eigenvalue weighted by Crippen LogP contribution is -2.54. The Morgan fingerprint density at radius 2 is 1.37 bits per heavy atom. The maximum Gasteiger partial charge on any atom is 0.335 e. The van der Waals surface area contributed by atoms with Gasteiger partial charge in [-0.3, -0.25) is 14.9 Å². The number of nitrogens with zero attached hydrogens (tertiary/aromatic N) is 2. The van der Waals surface area contributed by atoms with Crippen molar-refractivity contribution in [1.29, 1.82) is 0 Å². The Morgan fingerprint density at radius 1 is 0.767 bits per heavy atom. The van der Waals surface area contributed by atoms with E-state index in [9.17, 15) is 18.8 Å². The van der Waals surface area contributed by atoms with Crippen LogP contribution in [0.3, 0.4) is 0 Å². The van der Waals surface area contributed by atoms with Gasteiger partial charge in [-0.1, -0.05) is 60.7 Å². The molecule has 1 aromatic heterocycles. The number of benzene rings is 4. The van der Waals surface area contributed by atoms with Gasteiger partial charge in [0.2, 0.25) is 0 Å². The molecule has 0 saturated carbocycles. The number of barbiturate groups is 1. The van der Waals surface area contributed by atoms with Gasteiger partial charge in [0.15, 0.2) is 0 Å². The molecule has 1 saturated heterocycles. The zero-order valence-corrected chi connectivity index (χ0v) is 23.2. The summed E-state index contributed by atoms with van der Waals surface area (Å²) in [6.07, 6.45) is 1.50. The number of halogens is 1. The van der Waals surface area contributed by atoms with Crippen molar-refractivity contribution in [3.05, 3.63) is 132 Å². The molecule has 0 unspecified atom stereocenters. The fraction of sp³-hybridized carbons (Fsp3) is 0.0571. The summed E-state index contributed by atoms with van der Waals surface area (Å²) in [6.45, 7) is 2.47. The van der Waals surface area contributed by atoms with Crippen LogP contribution in [0, 0.1) is 5.82 Å². The van der Waals surface area contributed by atoms with Crippen molar-refractivity contribution >= 4 is 29.6 Å². The molecule has 1 fully saturated rings. The number of anilines is 1. The van der Waals surface area contributed by atoms with E-state index < -0.39 is 23.7 Å². The molecule has 0 radical (unpaired) electrons. The van der Waals surface area contributed by atoms with Crippen LogP contribution in [0.1, 0.15) is 12.5 Å².